The SMILES string of the molecule is CONC(C(=O)OC)c1cccc(C)c1CO/N=C(\C)c1c(F)cccc1OC(F)(F)F. The fourth-order valence-corrected chi connectivity index (χ4v) is 2.97. The molecule has 1 N–H and O–H groups in total. The van der Waals surface area contributed by atoms with Gasteiger partial charge in [0.25, 0.3) is 0 Å². The van der Waals surface area contributed by atoms with Gasteiger partial charge in [-0.2, -0.15) is 5.48 Å². The third-order valence-electron chi connectivity index (χ3n) is 4.40. The minimum atomic E-state index is -5.00. The minimum Gasteiger partial charge on any atom is -0.468 e. The number of carbonyl (C=O) groups excluding carboxylic acids is 1. The summed E-state index contributed by atoms with van der Waals surface area (Å²) in [5.41, 5.74) is 3.68. The van der Waals surface area contributed by atoms with Crippen LogP contribution >= 0.6 is 0 Å². The van der Waals surface area contributed by atoms with E-state index in [1.165, 1.54) is 21.1 Å². The average molecular weight is 458 g/mol. The molecule has 174 valence electrons. The van der Waals surface area contributed by atoms with Gasteiger partial charge in [0.2, 0.25) is 0 Å². The van der Waals surface area contributed by atoms with E-state index in [0.717, 1.165) is 23.8 Å². The first kappa shape index (κ1) is 25.1. The summed E-state index contributed by atoms with van der Waals surface area (Å²) in [7, 11) is 2.56. The molecule has 2 aromatic rings. The molecule has 0 bridgehead atoms. The van der Waals surface area contributed by atoms with Crippen LogP contribution in [0.15, 0.2) is 41.6 Å². The number of benzene rings is 2. The Bertz CT molecular complexity index is 979. The number of hydroxylamine groups is 1. The van der Waals surface area contributed by atoms with E-state index in [1.54, 1.807) is 25.1 Å². The molecule has 0 aliphatic carbocycles. The van der Waals surface area contributed by atoms with Crippen molar-refractivity contribution in [2.45, 2.75) is 32.9 Å². The van der Waals surface area contributed by atoms with Gasteiger partial charge in [0.05, 0.1) is 25.5 Å². The van der Waals surface area contributed by atoms with Crippen LogP contribution in [0.3, 0.4) is 0 Å². The van der Waals surface area contributed by atoms with Gasteiger partial charge < -0.3 is 19.1 Å². The molecule has 1 atom stereocenters. The van der Waals surface area contributed by atoms with Gasteiger partial charge in [0.15, 0.2) is 6.04 Å². The highest BCUT2D eigenvalue weighted by Crippen LogP contribution is 2.29. The van der Waals surface area contributed by atoms with E-state index in [-0.39, 0.29) is 12.3 Å². The fraction of sp³-hybridized carbons (Fsp3) is 0.333. The molecular formula is C21H22F4N2O5. The minimum absolute atomic E-state index is 0.165. The van der Waals surface area contributed by atoms with Crippen LogP contribution in [0.5, 0.6) is 5.75 Å². The molecule has 0 saturated carbocycles. The Morgan fingerprint density at radius 3 is 2.47 bits per heavy atom. The van der Waals surface area contributed by atoms with Gasteiger partial charge in [-0.15, -0.1) is 13.2 Å². The summed E-state index contributed by atoms with van der Waals surface area (Å²) in [4.78, 5) is 22.3. The summed E-state index contributed by atoms with van der Waals surface area (Å²) >= 11 is 0. The topological polar surface area (TPSA) is 78.4 Å². The number of hydrogen-bond acceptors (Lipinski definition) is 7. The number of alkyl halides is 3. The lowest BCUT2D eigenvalue weighted by atomic mass is 9.97. The third kappa shape index (κ3) is 6.41. The zero-order chi connectivity index (χ0) is 23.9. The van der Waals surface area contributed by atoms with Crippen molar-refractivity contribution in [3.05, 3.63) is 64.5 Å². The lowest BCUT2D eigenvalue weighted by molar-refractivity contribution is -0.274. The molecule has 0 aromatic heterocycles. The lowest BCUT2D eigenvalue weighted by Crippen LogP contribution is -2.30. The molecule has 0 aliphatic rings. The van der Waals surface area contributed by atoms with Crippen molar-refractivity contribution < 1.29 is 41.5 Å². The first-order chi connectivity index (χ1) is 15.1. The summed E-state index contributed by atoms with van der Waals surface area (Å²) < 4.78 is 60.8. The quantitative estimate of drug-likeness (QED) is 0.261. The molecule has 0 heterocycles. The molecule has 0 aliphatic heterocycles. The summed E-state index contributed by atoms with van der Waals surface area (Å²) in [6.07, 6.45) is -5.00. The van der Waals surface area contributed by atoms with E-state index in [2.05, 4.69) is 15.4 Å². The van der Waals surface area contributed by atoms with Crippen LogP contribution < -0.4 is 10.2 Å². The van der Waals surface area contributed by atoms with Crippen LogP contribution in [-0.4, -0.2) is 32.3 Å². The predicted octanol–water partition coefficient (Wildman–Crippen LogP) is 4.34. The number of hydrogen-bond donors (Lipinski definition) is 1. The zero-order valence-electron chi connectivity index (χ0n) is 17.7. The zero-order valence-corrected chi connectivity index (χ0v) is 17.7. The van der Waals surface area contributed by atoms with Crippen molar-refractivity contribution in [1.82, 2.24) is 5.48 Å². The molecule has 0 saturated heterocycles. The van der Waals surface area contributed by atoms with Crippen LogP contribution in [0, 0.1) is 12.7 Å². The molecule has 32 heavy (non-hydrogen) atoms. The third-order valence-corrected chi connectivity index (χ3v) is 4.40. The van der Waals surface area contributed by atoms with Crippen LogP contribution in [-0.2, 0) is 25.8 Å². The smallest absolute Gasteiger partial charge is 0.468 e. The number of esters is 1. The van der Waals surface area contributed by atoms with E-state index in [9.17, 15) is 22.4 Å². The Morgan fingerprint density at radius 1 is 1.16 bits per heavy atom. The van der Waals surface area contributed by atoms with E-state index in [1.807, 2.05) is 0 Å². The predicted molar refractivity (Wildman–Crippen MR) is 106 cm³/mol. The van der Waals surface area contributed by atoms with Crippen molar-refractivity contribution in [3.63, 3.8) is 0 Å². The lowest BCUT2D eigenvalue weighted by Gasteiger charge is -2.19. The number of methoxy groups -OCH3 is 1. The fourth-order valence-electron chi connectivity index (χ4n) is 2.97. The maximum Gasteiger partial charge on any atom is 0.573 e. The van der Waals surface area contributed by atoms with E-state index in [4.69, 9.17) is 14.4 Å². The number of ether oxygens (including phenoxy) is 2. The number of nitrogens with zero attached hydrogens (tertiary/aromatic N) is 1. The normalized spacial score (nSPS) is 12.9. The Balaban J connectivity index is 2.32. The van der Waals surface area contributed by atoms with Crippen molar-refractivity contribution in [2.75, 3.05) is 14.2 Å². The second-order valence-corrected chi connectivity index (χ2v) is 6.53. The molecule has 0 fully saturated rings. The van der Waals surface area contributed by atoms with Gasteiger partial charge in [0.1, 0.15) is 18.2 Å². The van der Waals surface area contributed by atoms with Crippen molar-refractivity contribution in [3.8, 4) is 5.75 Å². The molecule has 0 amide bonds. The second kappa shape index (κ2) is 10.9. The largest absolute Gasteiger partial charge is 0.573 e. The van der Waals surface area contributed by atoms with Crippen LogP contribution in [0.4, 0.5) is 17.6 Å². The Labute approximate surface area is 181 Å². The van der Waals surface area contributed by atoms with Gasteiger partial charge in [-0.25, -0.2) is 9.18 Å². The molecule has 2 rings (SSSR count). The Hall–Kier alpha value is -3.18. The van der Waals surface area contributed by atoms with Crippen LogP contribution in [0.2, 0.25) is 0 Å². The number of halogens is 4. The maximum absolute atomic E-state index is 14.2. The first-order valence-corrected chi connectivity index (χ1v) is 9.25. The average Bonchev–Trinajstić information content (AvgIpc) is 2.71. The van der Waals surface area contributed by atoms with Crippen LogP contribution in [0.1, 0.15) is 35.2 Å². The standard InChI is InChI=1S/C21H22F4N2O5/c1-12-7-5-8-14(19(27-30-4)20(28)29-3)15(12)11-31-26-13(2)18-16(22)9-6-10-17(18)32-21(23,24)25/h5-10,19,27H,11H2,1-4H3/b26-13+. The molecular weight excluding hydrogens is 436 g/mol. The second-order valence-electron chi connectivity index (χ2n) is 6.53. The molecule has 7 nitrogen and oxygen atoms in total. The van der Waals surface area contributed by atoms with E-state index >= 15 is 0 Å². The highest BCUT2D eigenvalue weighted by Gasteiger charge is 2.33. The number of aryl methyl sites for hydroxylation is 1. The van der Waals surface area contributed by atoms with Gasteiger partial charge >= 0.3 is 12.3 Å². The molecule has 1 unspecified atom stereocenters. The van der Waals surface area contributed by atoms with Crippen molar-refractivity contribution in [2.24, 2.45) is 5.16 Å². The van der Waals surface area contributed by atoms with E-state index in [0.29, 0.717) is 11.1 Å². The molecule has 0 radical (unpaired) electrons. The summed E-state index contributed by atoms with van der Waals surface area (Å²) in [6.45, 7) is 2.89. The number of oxime groups is 1. The maximum atomic E-state index is 14.2. The monoisotopic (exact) mass is 458 g/mol. The molecule has 0 spiro atoms. The Kier molecular flexibility index (Phi) is 8.56. The summed E-state index contributed by atoms with van der Waals surface area (Å²) in [5, 5.41) is 3.76. The number of carbonyl (C=O) groups is 1. The van der Waals surface area contributed by atoms with Gasteiger partial charge in [-0.05, 0) is 37.1 Å². The van der Waals surface area contributed by atoms with Gasteiger partial charge in [-0.3, -0.25) is 0 Å². The molecule has 2 aromatic carbocycles. The number of nitrogens with one attached hydrogen (secondary N) is 1. The highest BCUT2D eigenvalue weighted by molar-refractivity contribution is 6.01. The van der Waals surface area contributed by atoms with Gasteiger partial charge in [-0.1, -0.05) is 29.4 Å². The summed E-state index contributed by atoms with van der Waals surface area (Å²) in [6, 6.07) is 7.22. The Morgan fingerprint density at radius 2 is 1.84 bits per heavy atom. The van der Waals surface area contributed by atoms with Crippen LogP contribution in [0.25, 0.3) is 0 Å². The molecule has 11 heteroatoms. The van der Waals surface area contributed by atoms with Crippen molar-refractivity contribution in [1.29, 1.82) is 0 Å². The number of rotatable bonds is 9. The van der Waals surface area contributed by atoms with Gasteiger partial charge in [0, 0.05) is 5.56 Å². The highest BCUT2D eigenvalue weighted by atomic mass is 19.4. The van der Waals surface area contributed by atoms with Crippen molar-refractivity contribution >= 4 is 11.7 Å². The first-order valence-electron chi connectivity index (χ1n) is 9.25. The summed E-state index contributed by atoms with van der Waals surface area (Å²) in [5.74, 6) is -2.31. The van der Waals surface area contributed by atoms with E-state index < -0.39 is 35.5 Å².